The topological polar surface area (TPSA) is 131 Å². The highest BCUT2D eigenvalue weighted by Crippen LogP contribution is 2.42. The third kappa shape index (κ3) is 32.0. The first kappa shape index (κ1) is 41.8. The fraction of sp³-hybridized carbons (Fsp3) is 0.879. The largest absolute Gasteiger partial charge is 0.472 e. The molecule has 0 radical (unpaired) electrons. The van der Waals surface area contributed by atoms with Crippen LogP contribution in [-0.4, -0.2) is 54.3 Å². The minimum atomic E-state index is -4.40. The van der Waals surface area contributed by atoms with E-state index < -0.39 is 26.5 Å². The van der Waals surface area contributed by atoms with E-state index in [1.165, 1.54) is 77.0 Å². The second-order valence-corrected chi connectivity index (χ2v) is 12.9. The predicted molar refractivity (Wildman–Crippen MR) is 174 cm³/mol. The molecule has 0 spiro atoms. The van der Waals surface area contributed by atoms with Crippen LogP contribution in [0.15, 0.2) is 12.2 Å². The van der Waals surface area contributed by atoms with Crippen LogP contribution in [0.2, 0.25) is 0 Å². The van der Waals surface area contributed by atoms with Gasteiger partial charge in [-0.1, -0.05) is 116 Å². The van der Waals surface area contributed by atoms with Crippen LogP contribution in [0.25, 0.3) is 0 Å². The monoisotopic (exact) mass is 633 g/mol. The van der Waals surface area contributed by atoms with Gasteiger partial charge in [-0.3, -0.25) is 18.6 Å². The molecule has 0 aromatic rings. The molecular weight excluding hydrogens is 569 g/mol. The molecule has 2 atom stereocenters. The number of phosphoric acid groups is 1. The van der Waals surface area contributed by atoms with Gasteiger partial charge in [0, 0.05) is 19.4 Å². The maximum atomic E-state index is 12.0. The number of phosphoric ester groups is 1. The Morgan fingerprint density at radius 3 is 1.74 bits per heavy atom. The maximum Gasteiger partial charge on any atom is 0.472 e. The molecule has 0 saturated heterocycles. The van der Waals surface area contributed by atoms with E-state index in [0.717, 1.165) is 51.4 Å². The number of carbonyl (C=O) groups is 2. The predicted octanol–water partition coefficient (Wildman–Crippen LogP) is 8.32. The summed E-state index contributed by atoms with van der Waals surface area (Å²) in [6.07, 6.45) is 27.4. The number of aliphatic hydroxyl groups is 1. The summed E-state index contributed by atoms with van der Waals surface area (Å²) < 4.78 is 26.5. The molecule has 43 heavy (non-hydrogen) atoms. The summed E-state index contributed by atoms with van der Waals surface area (Å²) in [5.41, 5.74) is 0. The smallest absolute Gasteiger partial charge is 0.463 e. The Kier molecular flexibility index (Phi) is 29.9. The highest BCUT2D eigenvalue weighted by molar-refractivity contribution is 7.47. The molecule has 0 aliphatic heterocycles. The van der Waals surface area contributed by atoms with E-state index >= 15 is 0 Å². The Morgan fingerprint density at radius 1 is 0.698 bits per heavy atom. The highest BCUT2D eigenvalue weighted by Gasteiger charge is 2.23. The molecule has 9 nitrogen and oxygen atoms in total. The molecule has 254 valence electrons. The Morgan fingerprint density at radius 2 is 1.19 bits per heavy atom. The molecule has 0 bridgehead atoms. The van der Waals surface area contributed by atoms with Crippen LogP contribution >= 0.6 is 7.82 Å². The number of hydrogen-bond donors (Lipinski definition) is 3. The second-order valence-electron chi connectivity index (χ2n) is 11.5. The van der Waals surface area contributed by atoms with Gasteiger partial charge >= 0.3 is 13.8 Å². The van der Waals surface area contributed by atoms with E-state index in [-0.39, 0.29) is 32.1 Å². The van der Waals surface area contributed by atoms with E-state index in [0.29, 0.717) is 6.42 Å². The van der Waals surface area contributed by atoms with Crippen molar-refractivity contribution in [1.82, 2.24) is 5.32 Å². The molecule has 3 N–H and O–H groups in total. The Bertz CT molecular complexity index is 734. The minimum absolute atomic E-state index is 0.0799. The number of rotatable bonds is 32. The third-order valence-electron chi connectivity index (χ3n) is 7.20. The average Bonchev–Trinajstić information content (AvgIpc) is 2.98. The van der Waals surface area contributed by atoms with Crippen molar-refractivity contribution < 1.29 is 37.9 Å². The van der Waals surface area contributed by atoms with E-state index in [4.69, 9.17) is 13.8 Å². The third-order valence-corrected chi connectivity index (χ3v) is 8.18. The molecular formula is C33H64NO8P. The first-order chi connectivity index (χ1) is 20.8. The SMILES string of the molecule is CCCCCCCCC/C=C\CCCCCCCC(=O)NCCOP(=O)(O)OCC(O)COC(=O)CCCCCCCC. The van der Waals surface area contributed by atoms with Gasteiger partial charge in [0.1, 0.15) is 12.7 Å². The summed E-state index contributed by atoms with van der Waals surface area (Å²) >= 11 is 0. The summed E-state index contributed by atoms with van der Waals surface area (Å²) in [6.45, 7) is 3.45. The van der Waals surface area contributed by atoms with E-state index in [1.54, 1.807) is 0 Å². The van der Waals surface area contributed by atoms with Crippen molar-refractivity contribution in [2.45, 2.75) is 161 Å². The minimum Gasteiger partial charge on any atom is -0.463 e. The zero-order valence-corrected chi connectivity index (χ0v) is 28.3. The number of aliphatic hydroxyl groups excluding tert-OH is 1. The first-order valence-electron chi connectivity index (χ1n) is 17.2. The van der Waals surface area contributed by atoms with Crippen LogP contribution < -0.4 is 5.32 Å². The number of unbranched alkanes of at least 4 members (excludes halogenated alkanes) is 17. The lowest BCUT2D eigenvalue weighted by Crippen LogP contribution is -2.27. The molecule has 0 aromatic carbocycles. The van der Waals surface area contributed by atoms with Crippen LogP contribution in [0.5, 0.6) is 0 Å². The molecule has 0 aromatic heterocycles. The van der Waals surface area contributed by atoms with Gasteiger partial charge in [0.2, 0.25) is 5.91 Å². The fourth-order valence-electron chi connectivity index (χ4n) is 4.55. The summed E-state index contributed by atoms with van der Waals surface area (Å²) in [5.74, 6) is -0.533. The lowest BCUT2D eigenvalue weighted by molar-refractivity contribution is -0.147. The number of carbonyl (C=O) groups excluding carboxylic acids is 2. The number of nitrogens with one attached hydrogen (secondary N) is 1. The standard InChI is InChI=1S/C33H64NO8P/c1-3-5-7-9-11-12-13-14-15-16-17-18-19-20-21-23-25-32(36)34-27-28-41-43(38,39)42-30-31(35)29-40-33(37)26-24-22-10-8-6-4-2/h15-16,31,35H,3-14,17-30H2,1-2H3,(H,34,36)(H,38,39)/b16-15-. The number of allylic oxidation sites excluding steroid dienone is 2. The number of esters is 1. The molecule has 0 fully saturated rings. The van der Waals surface area contributed by atoms with E-state index in [9.17, 15) is 24.2 Å². The number of amides is 1. The van der Waals surface area contributed by atoms with Crippen molar-refractivity contribution >= 4 is 19.7 Å². The van der Waals surface area contributed by atoms with Crippen LogP contribution in [0.3, 0.4) is 0 Å². The van der Waals surface area contributed by atoms with Crippen LogP contribution in [-0.2, 0) is 27.9 Å². The van der Waals surface area contributed by atoms with Gasteiger partial charge in [0.15, 0.2) is 0 Å². The fourth-order valence-corrected chi connectivity index (χ4v) is 5.31. The molecule has 0 aliphatic carbocycles. The van der Waals surface area contributed by atoms with E-state index in [1.807, 2.05) is 0 Å². The van der Waals surface area contributed by atoms with Gasteiger partial charge in [0.05, 0.1) is 13.2 Å². The van der Waals surface area contributed by atoms with Gasteiger partial charge in [-0.2, -0.15) is 0 Å². The van der Waals surface area contributed by atoms with Crippen molar-refractivity contribution in [1.29, 1.82) is 0 Å². The summed E-state index contributed by atoms with van der Waals surface area (Å²) in [7, 11) is -4.40. The van der Waals surface area contributed by atoms with Gasteiger partial charge in [-0.15, -0.1) is 0 Å². The van der Waals surface area contributed by atoms with Crippen LogP contribution in [0, 0.1) is 0 Å². The molecule has 1 amide bonds. The Labute approximate surface area is 262 Å². The maximum absolute atomic E-state index is 12.0. The van der Waals surface area contributed by atoms with Crippen LogP contribution in [0.1, 0.15) is 155 Å². The summed E-state index contributed by atoms with van der Waals surface area (Å²) in [6, 6.07) is 0. The van der Waals surface area contributed by atoms with Gasteiger partial charge in [0.25, 0.3) is 0 Å². The zero-order chi connectivity index (χ0) is 31.9. The molecule has 0 heterocycles. The number of hydrogen-bond acceptors (Lipinski definition) is 7. The molecule has 0 saturated carbocycles. The Balaban J connectivity index is 3.61. The highest BCUT2D eigenvalue weighted by atomic mass is 31.2. The van der Waals surface area contributed by atoms with Crippen molar-refractivity contribution in [3.8, 4) is 0 Å². The summed E-state index contributed by atoms with van der Waals surface area (Å²) in [5, 5.41) is 12.5. The van der Waals surface area contributed by atoms with Crippen molar-refractivity contribution in [3.63, 3.8) is 0 Å². The van der Waals surface area contributed by atoms with Crippen molar-refractivity contribution in [2.24, 2.45) is 0 Å². The molecule has 2 unspecified atom stereocenters. The molecule has 10 heteroatoms. The van der Waals surface area contributed by atoms with Gasteiger partial charge in [-0.25, -0.2) is 4.57 Å². The second kappa shape index (κ2) is 30.8. The molecule has 0 rings (SSSR count). The van der Waals surface area contributed by atoms with Crippen molar-refractivity contribution in [2.75, 3.05) is 26.4 Å². The number of ether oxygens (including phenoxy) is 1. The quantitative estimate of drug-likeness (QED) is 0.0292. The lowest BCUT2D eigenvalue weighted by atomic mass is 10.1. The van der Waals surface area contributed by atoms with Gasteiger partial charge in [-0.05, 0) is 38.5 Å². The normalized spacial score (nSPS) is 13.7. The Hall–Kier alpha value is -1.25. The average molecular weight is 634 g/mol. The van der Waals surface area contributed by atoms with Crippen molar-refractivity contribution in [3.05, 3.63) is 12.2 Å². The summed E-state index contributed by atoms with van der Waals surface area (Å²) in [4.78, 5) is 33.4. The lowest BCUT2D eigenvalue weighted by Gasteiger charge is -2.15. The van der Waals surface area contributed by atoms with Crippen LogP contribution in [0.4, 0.5) is 0 Å². The van der Waals surface area contributed by atoms with Gasteiger partial charge < -0.3 is 20.1 Å². The van der Waals surface area contributed by atoms with E-state index in [2.05, 4.69) is 31.3 Å². The zero-order valence-electron chi connectivity index (χ0n) is 27.4. The molecule has 0 aliphatic rings. The first-order valence-corrected chi connectivity index (χ1v) is 18.7.